The standard InChI is InChI=1S/C20H18F2N2O7S/c1-29-16-9-13-15(10-14(16)24(8-7-21)32(2,27)28)30-18(11-3-5-12(22)6-4-11)17(13)19(25)31-20(23)26/h3-6,9-10H,7-8H2,1-2H3,(H2,23,26). The Labute approximate surface area is 181 Å². The molecule has 1 aromatic heterocycles. The Kier molecular flexibility index (Phi) is 6.35. The third kappa shape index (κ3) is 4.49. The monoisotopic (exact) mass is 468 g/mol. The van der Waals surface area contributed by atoms with Gasteiger partial charge in [0.15, 0.2) is 0 Å². The van der Waals surface area contributed by atoms with Gasteiger partial charge in [-0.25, -0.2) is 26.8 Å². The number of methoxy groups -OCH3 is 1. The zero-order valence-electron chi connectivity index (χ0n) is 16.9. The van der Waals surface area contributed by atoms with Gasteiger partial charge in [-0.3, -0.25) is 4.31 Å². The molecule has 0 atom stereocenters. The highest BCUT2D eigenvalue weighted by Crippen LogP contribution is 2.41. The largest absolute Gasteiger partial charge is 0.495 e. The average molecular weight is 468 g/mol. The Morgan fingerprint density at radius 3 is 2.38 bits per heavy atom. The Morgan fingerprint density at radius 2 is 1.84 bits per heavy atom. The number of primary amides is 1. The van der Waals surface area contributed by atoms with Gasteiger partial charge in [-0.2, -0.15) is 0 Å². The molecule has 0 aliphatic rings. The number of hydrogen-bond donors (Lipinski definition) is 1. The van der Waals surface area contributed by atoms with Crippen LogP contribution < -0.4 is 14.8 Å². The Morgan fingerprint density at radius 1 is 1.19 bits per heavy atom. The van der Waals surface area contributed by atoms with Crippen LogP contribution in [0.3, 0.4) is 0 Å². The van der Waals surface area contributed by atoms with Crippen LogP contribution in [0.15, 0.2) is 40.8 Å². The van der Waals surface area contributed by atoms with Crippen molar-refractivity contribution in [2.75, 3.05) is 30.9 Å². The van der Waals surface area contributed by atoms with E-state index >= 15 is 0 Å². The smallest absolute Gasteiger partial charge is 0.412 e. The minimum Gasteiger partial charge on any atom is -0.495 e. The van der Waals surface area contributed by atoms with Gasteiger partial charge >= 0.3 is 12.1 Å². The first-order valence-corrected chi connectivity index (χ1v) is 10.9. The Hall–Kier alpha value is -3.67. The minimum absolute atomic E-state index is 0.00375. The second-order valence-corrected chi connectivity index (χ2v) is 8.47. The zero-order chi connectivity index (χ0) is 23.6. The van der Waals surface area contributed by atoms with Gasteiger partial charge in [-0.1, -0.05) is 0 Å². The zero-order valence-corrected chi connectivity index (χ0v) is 17.7. The number of halogens is 2. The molecule has 0 bridgehead atoms. The molecule has 0 unspecified atom stereocenters. The molecular formula is C20H18F2N2O7S. The number of carbonyl (C=O) groups is 2. The molecule has 32 heavy (non-hydrogen) atoms. The Bertz CT molecular complexity index is 1290. The summed E-state index contributed by atoms with van der Waals surface area (Å²) in [5.41, 5.74) is 4.98. The fourth-order valence-corrected chi connectivity index (χ4v) is 4.06. The lowest BCUT2D eigenvalue weighted by Gasteiger charge is -2.23. The molecule has 0 spiro atoms. The Balaban J connectivity index is 2.33. The number of benzene rings is 2. The lowest BCUT2D eigenvalue weighted by atomic mass is 10.0. The summed E-state index contributed by atoms with van der Waals surface area (Å²) in [7, 11) is -2.64. The molecule has 1 heterocycles. The number of amides is 1. The summed E-state index contributed by atoms with van der Waals surface area (Å²) in [4.78, 5) is 23.8. The van der Waals surface area contributed by atoms with E-state index in [0.29, 0.717) is 0 Å². The highest BCUT2D eigenvalue weighted by Gasteiger charge is 2.29. The van der Waals surface area contributed by atoms with Crippen LogP contribution in [0.4, 0.5) is 19.3 Å². The van der Waals surface area contributed by atoms with Crippen LogP contribution in [0, 0.1) is 5.82 Å². The van der Waals surface area contributed by atoms with E-state index in [4.69, 9.17) is 14.9 Å². The number of hydrogen-bond acceptors (Lipinski definition) is 7. The quantitative estimate of drug-likeness (QED) is 0.416. The molecule has 0 radical (unpaired) electrons. The van der Waals surface area contributed by atoms with Crippen LogP contribution in [0.25, 0.3) is 22.3 Å². The normalized spacial score (nSPS) is 11.4. The lowest BCUT2D eigenvalue weighted by Crippen LogP contribution is -2.32. The summed E-state index contributed by atoms with van der Waals surface area (Å²) in [5.74, 6) is -1.78. The van der Waals surface area contributed by atoms with E-state index in [2.05, 4.69) is 4.74 Å². The van der Waals surface area contributed by atoms with Gasteiger partial charge in [-0.05, 0) is 30.3 Å². The van der Waals surface area contributed by atoms with E-state index in [0.717, 1.165) is 22.7 Å². The first kappa shape index (κ1) is 23.0. The lowest BCUT2D eigenvalue weighted by molar-refractivity contribution is 0.0640. The fourth-order valence-electron chi connectivity index (χ4n) is 3.16. The van der Waals surface area contributed by atoms with Crippen LogP contribution in [-0.4, -0.2) is 47.1 Å². The molecule has 0 aliphatic carbocycles. The molecule has 0 fully saturated rings. The maximum Gasteiger partial charge on any atom is 0.412 e. The summed E-state index contributed by atoms with van der Waals surface area (Å²) in [6, 6.07) is 7.46. The third-order valence-corrected chi connectivity index (χ3v) is 5.63. The maximum absolute atomic E-state index is 13.4. The number of ether oxygens (including phenoxy) is 2. The van der Waals surface area contributed by atoms with Crippen molar-refractivity contribution in [2.45, 2.75) is 0 Å². The van der Waals surface area contributed by atoms with Gasteiger partial charge < -0.3 is 19.6 Å². The van der Waals surface area contributed by atoms with Gasteiger partial charge in [0.2, 0.25) is 10.0 Å². The van der Waals surface area contributed by atoms with Crippen molar-refractivity contribution in [1.82, 2.24) is 0 Å². The predicted molar refractivity (Wildman–Crippen MR) is 111 cm³/mol. The maximum atomic E-state index is 13.4. The number of rotatable bonds is 7. The molecule has 0 saturated carbocycles. The SMILES string of the molecule is COc1cc2c(C(=O)OC(N)=O)c(-c3ccc(F)cc3)oc2cc1N(CCF)S(C)(=O)=O. The van der Waals surface area contributed by atoms with E-state index in [1.807, 2.05) is 0 Å². The van der Waals surface area contributed by atoms with Crippen LogP contribution in [0.5, 0.6) is 5.75 Å². The first-order chi connectivity index (χ1) is 15.1. The molecule has 1 amide bonds. The number of carbonyl (C=O) groups excluding carboxylic acids is 2. The van der Waals surface area contributed by atoms with Crippen molar-refractivity contribution in [1.29, 1.82) is 0 Å². The molecule has 0 saturated heterocycles. The number of alkyl halides is 1. The molecule has 0 aliphatic heterocycles. The van der Waals surface area contributed by atoms with Crippen molar-refractivity contribution in [2.24, 2.45) is 5.73 Å². The molecule has 12 heteroatoms. The van der Waals surface area contributed by atoms with Crippen LogP contribution in [0.1, 0.15) is 10.4 Å². The highest BCUT2D eigenvalue weighted by atomic mass is 32.2. The first-order valence-electron chi connectivity index (χ1n) is 9.02. The van der Waals surface area contributed by atoms with Crippen molar-refractivity contribution in [3.05, 3.63) is 47.8 Å². The molecule has 170 valence electrons. The van der Waals surface area contributed by atoms with Crippen molar-refractivity contribution >= 4 is 38.7 Å². The summed E-state index contributed by atoms with van der Waals surface area (Å²) in [5, 5.41) is 0.102. The van der Waals surface area contributed by atoms with Crippen LogP contribution in [0.2, 0.25) is 0 Å². The van der Waals surface area contributed by atoms with E-state index in [1.54, 1.807) is 0 Å². The molecular weight excluding hydrogens is 450 g/mol. The van der Waals surface area contributed by atoms with E-state index < -0.39 is 41.1 Å². The minimum atomic E-state index is -3.90. The summed E-state index contributed by atoms with van der Waals surface area (Å²) < 4.78 is 67.1. The topological polar surface area (TPSA) is 129 Å². The van der Waals surface area contributed by atoms with Gasteiger partial charge in [-0.15, -0.1) is 0 Å². The van der Waals surface area contributed by atoms with Crippen molar-refractivity contribution in [3.8, 4) is 17.1 Å². The number of fused-ring (bicyclic) bond motifs is 1. The number of esters is 1. The van der Waals surface area contributed by atoms with E-state index in [1.165, 1.54) is 31.4 Å². The van der Waals surface area contributed by atoms with Crippen LogP contribution >= 0.6 is 0 Å². The van der Waals surface area contributed by atoms with Crippen LogP contribution in [-0.2, 0) is 14.8 Å². The van der Waals surface area contributed by atoms with Gasteiger partial charge in [0.25, 0.3) is 0 Å². The molecule has 2 aromatic carbocycles. The molecule has 2 N–H and O–H groups in total. The highest BCUT2D eigenvalue weighted by molar-refractivity contribution is 7.92. The molecule has 9 nitrogen and oxygen atoms in total. The molecule has 3 aromatic rings. The van der Waals surface area contributed by atoms with E-state index in [9.17, 15) is 26.8 Å². The van der Waals surface area contributed by atoms with Gasteiger partial charge in [0, 0.05) is 17.0 Å². The fraction of sp³-hybridized carbons (Fsp3) is 0.200. The molecule has 3 rings (SSSR count). The average Bonchev–Trinajstić information content (AvgIpc) is 3.08. The number of furan rings is 1. The summed E-state index contributed by atoms with van der Waals surface area (Å²) >= 11 is 0. The number of nitrogens with two attached hydrogens (primary N) is 1. The van der Waals surface area contributed by atoms with Crippen molar-refractivity contribution in [3.63, 3.8) is 0 Å². The number of anilines is 1. The summed E-state index contributed by atoms with van der Waals surface area (Å²) in [6.45, 7) is -1.45. The number of nitrogens with zero attached hydrogens (tertiary/aromatic N) is 1. The second kappa shape index (κ2) is 8.83. The third-order valence-electron chi connectivity index (χ3n) is 4.45. The van der Waals surface area contributed by atoms with Crippen molar-refractivity contribution < 1.29 is 40.7 Å². The van der Waals surface area contributed by atoms with Gasteiger partial charge in [0.1, 0.15) is 35.1 Å². The van der Waals surface area contributed by atoms with E-state index in [-0.39, 0.29) is 39.3 Å². The predicted octanol–water partition coefficient (Wildman–Crippen LogP) is 3.22. The summed E-state index contributed by atoms with van der Waals surface area (Å²) in [6.07, 6.45) is -0.460. The number of sulfonamides is 1. The van der Waals surface area contributed by atoms with Gasteiger partial charge in [0.05, 0.1) is 25.6 Å². The second-order valence-electron chi connectivity index (χ2n) is 6.57.